The van der Waals surface area contributed by atoms with Crippen LogP contribution in [0, 0.1) is 0 Å². The van der Waals surface area contributed by atoms with Crippen LogP contribution in [0.3, 0.4) is 0 Å². The maximum Gasteiger partial charge on any atom is 0.0865 e. The van der Waals surface area contributed by atoms with Gasteiger partial charge >= 0.3 is 0 Å². The topological polar surface area (TPSA) is 21.3 Å². The summed E-state index contributed by atoms with van der Waals surface area (Å²) in [5.41, 5.74) is 2.60. The summed E-state index contributed by atoms with van der Waals surface area (Å²) in [6.45, 7) is 9.49. The fraction of sp³-hybridized carbons (Fsp3) is 0.571. The number of anilines is 1. The Balaban J connectivity index is 2.39. The molecule has 0 saturated heterocycles. The Morgan fingerprint density at radius 1 is 1.31 bits per heavy atom. The summed E-state index contributed by atoms with van der Waals surface area (Å²) in [6.07, 6.45) is 0.229. The summed E-state index contributed by atoms with van der Waals surface area (Å²) >= 11 is 0. The molecule has 88 valence electrons. The van der Waals surface area contributed by atoms with Crippen molar-refractivity contribution in [3.8, 4) is 0 Å². The van der Waals surface area contributed by atoms with E-state index in [2.05, 4.69) is 57.3 Å². The van der Waals surface area contributed by atoms with Gasteiger partial charge in [-0.05, 0) is 32.4 Å². The van der Waals surface area contributed by atoms with Crippen molar-refractivity contribution < 1.29 is 4.74 Å². The first-order valence-electron chi connectivity index (χ1n) is 6.05. The van der Waals surface area contributed by atoms with E-state index >= 15 is 0 Å². The molecule has 0 saturated carbocycles. The van der Waals surface area contributed by atoms with Gasteiger partial charge in [-0.3, -0.25) is 0 Å². The van der Waals surface area contributed by atoms with E-state index in [0.717, 1.165) is 6.61 Å². The van der Waals surface area contributed by atoms with Crippen LogP contribution < -0.4 is 5.32 Å². The van der Waals surface area contributed by atoms with Crippen molar-refractivity contribution in [2.45, 2.75) is 45.3 Å². The smallest absolute Gasteiger partial charge is 0.0865 e. The lowest BCUT2D eigenvalue weighted by Gasteiger charge is -2.44. The standard InChI is InChI=1S/C14H21NO/c1-5-16-13-10(2)11-8-6-7-9-12(11)15-14(13,3)4/h6-10,13,15H,5H2,1-4H3. The van der Waals surface area contributed by atoms with Gasteiger partial charge in [0.1, 0.15) is 0 Å². The molecule has 1 aromatic carbocycles. The third kappa shape index (κ3) is 1.82. The summed E-state index contributed by atoms with van der Waals surface area (Å²) in [7, 11) is 0. The largest absolute Gasteiger partial charge is 0.377 e. The van der Waals surface area contributed by atoms with Crippen LogP contribution in [0.4, 0.5) is 5.69 Å². The minimum atomic E-state index is -0.0101. The van der Waals surface area contributed by atoms with E-state index in [9.17, 15) is 0 Å². The van der Waals surface area contributed by atoms with Gasteiger partial charge in [0, 0.05) is 18.2 Å². The predicted octanol–water partition coefficient (Wildman–Crippen LogP) is 3.40. The molecule has 2 unspecified atom stereocenters. The monoisotopic (exact) mass is 219 g/mol. The molecule has 1 heterocycles. The number of para-hydroxylation sites is 1. The first kappa shape index (κ1) is 11.5. The van der Waals surface area contributed by atoms with E-state index in [1.807, 2.05) is 0 Å². The summed E-state index contributed by atoms with van der Waals surface area (Å²) < 4.78 is 5.90. The van der Waals surface area contributed by atoms with Crippen molar-refractivity contribution in [2.24, 2.45) is 0 Å². The van der Waals surface area contributed by atoms with Crippen molar-refractivity contribution in [1.82, 2.24) is 0 Å². The van der Waals surface area contributed by atoms with Gasteiger partial charge in [-0.1, -0.05) is 25.1 Å². The van der Waals surface area contributed by atoms with Crippen LogP contribution in [0.15, 0.2) is 24.3 Å². The second-order valence-corrected chi connectivity index (χ2v) is 5.10. The first-order chi connectivity index (χ1) is 7.56. The van der Waals surface area contributed by atoms with Crippen molar-refractivity contribution in [3.05, 3.63) is 29.8 Å². The average Bonchev–Trinajstić information content (AvgIpc) is 2.23. The SMILES string of the molecule is CCOC1C(C)c2ccccc2NC1(C)C. The fourth-order valence-electron chi connectivity index (χ4n) is 2.75. The lowest BCUT2D eigenvalue weighted by atomic mass is 9.79. The van der Waals surface area contributed by atoms with Gasteiger partial charge in [0.25, 0.3) is 0 Å². The maximum atomic E-state index is 5.90. The number of ether oxygens (including phenoxy) is 1. The van der Waals surface area contributed by atoms with Crippen molar-refractivity contribution in [1.29, 1.82) is 0 Å². The quantitative estimate of drug-likeness (QED) is 0.823. The highest BCUT2D eigenvalue weighted by molar-refractivity contribution is 5.57. The van der Waals surface area contributed by atoms with Gasteiger partial charge in [0.15, 0.2) is 0 Å². The van der Waals surface area contributed by atoms with Gasteiger partial charge in [-0.15, -0.1) is 0 Å². The van der Waals surface area contributed by atoms with Crippen LogP contribution in [-0.4, -0.2) is 18.2 Å². The van der Waals surface area contributed by atoms with Crippen LogP contribution in [-0.2, 0) is 4.74 Å². The molecule has 0 spiro atoms. The van der Waals surface area contributed by atoms with Gasteiger partial charge in [0.05, 0.1) is 11.6 Å². The van der Waals surface area contributed by atoms with Crippen molar-refractivity contribution in [3.63, 3.8) is 0 Å². The second kappa shape index (κ2) is 4.10. The molecule has 0 aliphatic carbocycles. The van der Waals surface area contributed by atoms with Crippen LogP contribution in [0.1, 0.15) is 39.2 Å². The van der Waals surface area contributed by atoms with Crippen LogP contribution in [0.5, 0.6) is 0 Å². The Morgan fingerprint density at radius 2 is 2.00 bits per heavy atom. The summed E-state index contributed by atoms with van der Waals surface area (Å²) in [5.74, 6) is 0.437. The number of nitrogens with one attached hydrogen (secondary N) is 1. The van der Waals surface area contributed by atoms with E-state index in [-0.39, 0.29) is 11.6 Å². The highest BCUT2D eigenvalue weighted by Gasteiger charge is 2.39. The number of rotatable bonds is 2. The van der Waals surface area contributed by atoms with Gasteiger partial charge in [-0.2, -0.15) is 0 Å². The molecule has 0 amide bonds. The molecule has 2 nitrogen and oxygen atoms in total. The highest BCUT2D eigenvalue weighted by atomic mass is 16.5. The summed E-state index contributed by atoms with van der Waals surface area (Å²) in [6, 6.07) is 8.51. The zero-order valence-electron chi connectivity index (χ0n) is 10.6. The Kier molecular flexibility index (Phi) is 2.94. The van der Waals surface area contributed by atoms with Crippen LogP contribution in [0.2, 0.25) is 0 Å². The van der Waals surface area contributed by atoms with Crippen LogP contribution >= 0.6 is 0 Å². The number of hydrogen-bond donors (Lipinski definition) is 1. The average molecular weight is 219 g/mol. The minimum absolute atomic E-state index is 0.0101. The van der Waals surface area contributed by atoms with E-state index in [1.165, 1.54) is 11.3 Å². The third-order valence-corrected chi connectivity index (χ3v) is 3.42. The summed E-state index contributed by atoms with van der Waals surface area (Å²) in [4.78, 5) is 0. The predicted molar refractivity (Wildman–Crippen MR) is 68.0 cm³/mol. The molecule has 0 bridgehead atoms. The fourth-order valence-corrected chi connectivity index (χ4v) is 2.75. The number of benzene rings is 1. The minimum Gasteiger partial charge on any atom is -0.377 e. The molecule has 1 aliphatic rings. The van der Waals surface area contributed by atoms with Crippen molar-refractivity contribution in [2.75, 3.05) is 11.9 Å². The third-order valence-electron chi connectivity index (χ3n) is 3.42. The lowest BCUT2D eigenvalue weighted by Crippen LogP contribution is -2.51. The molecule has 2 rings (SSSR count). The zero-order valence-corrected chi connectivity index (χ0v) is 10.6. The van der Waals surface area contributed by atoms with Gasteiger partial charge in [-0.25, -0.2) is 0 Å². The Morgan fingerprint density at radius 3 is 2.69 bits per heavy atom. The molecular formula is C14H21NO. The molecule has 1 N–H and O–H groups in total. The van der Waals surface area contributed by atoms with Gasteiger partial charge < -0.3 is 10.1 Å². The van der Waals surface area contributed by atoms with Crippen molar-refractivity contribution >= 4 is 5.69 Å². The van der Waals surface area contributed by atoms with Crippen LogP contribution in [0.25, 0.3) is 0 Å². The van der Waals surface area contributed by atoms with E-state index < -0.39 is 0 Å². The van der Waals surface area contributed by atoms with Gasteiger partial charge in [0.2, 0.25) is 0 Å². The normalized spacial score (nSPS) is 27.0. The Labute approximate surface area is 98.0 Å². The van der Waals surface area contributed by atoms with E-state index in [4.69, 9.17) is 4.74 Å². The second-order valence-electron chi connectivity index (χ2n) is 5.10. The molecule has 0 radical (unpaired) electrons. The molecule has 0 fully saturated rings. The molecule has 1 aliphatic heterocycles. The molecule has 0 aromatic heterocycles. The Hall–Kier alpha value is -1.02. The van der Waals surface area contributed by atoms with E-state index in [1.54, 1.807) is 0 Å². The molecule has 2 atom stereocenters. The molecule has 16 heavy (non-hydrogen) atoms. The molecular weight excluding hydrogens is 198 g/mol. The molecule has 2 heteroatoms. The first-order valence-corrected chi connectivity index (χ1v) is 6.05. The number of fused-ring (bicyclic) bond motifs is 1. The molecule has 1 aromatic rings. The Bertz CT molecular complexity index is 373. The maximum absolute atomic E-state index is 5.90. The lowest BCUT2D eigenvalue weighted by molar-refractivity contribution is 0.00556. The highest BCUT2D eigenvalue weighted by Crippen LogP contribution is 2.40. The zero-order chi connectivity index (χ0) is 11.8. The van der Waals surface area contributed by atoms with E-state index in [0.29, 0.717) is 5.92 Å². The number of hydrogen-bond acceptors (Lipinski definition) is 2. The summed E-state index contributed by atoms with van der Waals surface area (Å²) in [5, 5.41) is 3.58.